The van der Waals surface area contributed by atoms with Crippen LogP contribution in [0.2, 0.25) is 0 Å². The van der Waals surface area contributed by atoms with Gasteiger partial charge in [0.15, 0.2) is 0 Å². The zero-order valence-corrected chi connectivity index (χ0v) is 13.4. The van der Waals surface area contributed by atoms with Gasteiger partial charge in [-0.05, 0) is 43.9 Å². The van der Waals surface area contributed by atoms with Gasteiger partial charge in [0.05, 0.1) is 0 Å². The molecule has 1 fully saturated rings. The van der Waals surface area contributed by atoms with Crippen LogP contribution in [-0.2, 0) is 4.79 Å². The average molecular weight is 268 g/mol. The Hall–Kier alpha value is -0.570. The molecule has 0 aliphatic heterocycles. The van der Waals surface area contributed by atoms with Gasteiger partial charge in [-0.1, -0.05) is 27.7 Å². The molecule has 0 aromatic heterocycles. The lowest BCUT2D eigenvalue weighted by atomic mass is 9.79. The molecule has 19 heavy (non-hydrogen) atoms. The first-order valence-corrected chi connectivity index (χ1v) is 7.80. The predicted octanol–water partition coefficient (Wildman–Crippen LogP) is 3.18. The maximum absolute atomic E-state index is 12.5. The molecule has 0 aromatic rings. The van der Waals surface area contributed by atoms with Crippen molar-refractivity contribution in [3.63, 3.8) is 0 Å². The van der Waals surface area contributed by atoms with Crippen molar-refractivity contribution in [2.45, 2.75) is 78.8 Å². The first-order valence-electron chi connectivity index (χ1n) is 7.80. The molecule has 0 bridgehead atoms. The lowest BCUT2D eigenvalue weighted by molar-refractivity contribution is -0.135. The maximum atomic E-state index is 12.5. The molecule has 3 nitrogen and oxygen atoms in total. The van der Waals surface area contributed by atoms with Crippen LogP contribution in [0.5, 0.6) is 0 Å². The third kappa shape index (κ3) is 4.79. The van der Waals surface area contributed by atoms with Gasteiger partial charge in [-0.25, -0.2) is 0 Å². The zero-order chi connectivity index (χ0) is 14.6. The van der Waals surface area contributed by atoms with Crippen molar-refractivity contribution in [1.82, 2.24) is 4.90 Å². The summed E-state index contributed by atoms with van der Waals surface area (Å²) in [6.45, 7) is 11.7. The average Bonchev–Trinajstić information content (AvgIpc) is 2.31. The summed E-state index contributed by atoms with van der Waals surface area (Å²) in [6, 6.07) is 0.767. The molecule has 112 valence electrons. The van der Waals surface area contributed by atoms with E-state index in [9.17, 15) is 4.79 Å². The predicted molar refractivity (Wildman–Crippen MR) is 80.9 cm³/mol. The van der Waals surface area contributed by atoms with E-state index in [1.54, 1.807) is 0 Å². The van der Waals surface area contributed by atoms with Gasteiger partial charge in [-0.15, -0.1) is 0 Å². The van der Waals surface area contributed by atoms with Crippen LogP contribution in [0.3, 0.4) is 0 Å². The van der Waals surface area contributed by atoms with Gasteiger partial charge in [0.2, 0.25) is 5.91 Å². The number of nitrogens with zero attached hydrogens (tertiary/aromatic N) is 1. The summed E-state index contributed by atoms with van der Waals surface area (Å²) in [5.74, 6) is 0.741. The normalized spacial score (nSPS) is 26.0. The summed E-state index contributed by atoms with van der Waals surface area (Å²) in [4.78, 5) is 14.6. The molecular weight excluding hydrogens is 236 g/mol. The van der Waals surface area contributed by atoms with Crippen molar-refractivity contribution in [3.8, 4) is 0 Å². The van der Waals surface area contributed by atoms with Crippen molar-refractivity contribution in [1.29, 1.82) is 0 Å². The molecule has 1 rings (SSSR count). The minimum absolute atomic E-state index is 0.198. The van der Waals surface area contributed by atoms with Gasteiger partial charge in [-0.3, -0.25) is 4.79 Å². The molecular formula is C16H32N2O. The largest absolute Gasteiger partial charge is 0.340 e. The van der Waals surface area contributed by atoms with Gasteiger partial charge >= 0.3 is 0 Å². The highest BCUT2D eigenvalue weighted by Gasteiger charge is 2.29. The van der Waals surface area contributed by atoms with Crippen LogP contribution in [0.25, 0.3) is 0 Å². The molecule has 1 atom stereocenters. The van der Waals surface area contributed by atoms with Crippen LogP contribution < -0.4 is 5.73 Å². The van der Waals surface area contributed by atoms with Gasteiger partial charge in [0, 0.05) is 25.0 Å². The lowest BCUT2D eigenvalue weighted by Crippen LogP contribution is -2.45. The third-order valence-electron chi connectivity index (χ3n) is 4.80. The van der Waals surface area contributed by atoms with E-state index in [0.29, 0.717) is 30.3 Å². The van der Waals surface area contributed by atoms with Gasteiger partial charge < -0.3 is 10.6 Å². The lowest BCUT2D eigenvalue weighted by Gasteiger charge is -2.37. The quantitative estimate of drug-likeness (QED) is 0.851. The summed E-state index contributed by atoms with van der Waals surface area (Å²) in [7, 11) is 0. The van der Waals surface area contributed by atoms with E-state index in [4.69, 9.17) is 5.73 Å². The Morgan fingerprint density at radius 2 is 1.79 bits per heavy atom. The number of amides is 1. The van der Waals surface area contributed by atoms with Crippen molar-refractivity contribution in [2.75, 3.05) is 6.54 Å². The minimum atomic E-state index is 0.198. The van der Waals surface area contributed by atoms with Crippen LogP contribution in [0.1, 0.15) is 66.7 Å². The van der Waals surface area contributed by atoms with Crippen molar-refractivity contribution in [2.24, 2.45) is 17.1 Å². The SMILES string of the molecule is CCN(C(=O)CC(C)C(C)(C)C)C1CCC(N)CC1. The fourth-order valence-corrected chi connectivity index (χ4v) is 2.74. The van der Waals surface area contributed by atoms with Gasteiger partial charge in [0.25, 0.3) is 0 Å². The molecule has 2 N–H and O–H groups in total. The van der Waals surface area contributed by atoms with Crippen LogP contribution in [0, 0.1) is 11.3 Å². The number of hydrogen-bond acceptors (Lipinski definition) is 2. The molecule has 1 aliphatic carbocycles. The van der Waals surface area contributed by atoms with E-state index >= 15 is 0 Å². The van der Waals surface area contributed by atoms with E-state index in [1.165, 1.54) is 0 Å². The molecule has 0 saturated heterocycles. The highest BCUT2D eigenvalue weighted by Crippen LogP contribution is 2.30. The Morgan fingerprint density at radius 1 is 1.26 bits per heavy atom. The van der Waals surface area contributed by atoms with Gasteiger partial charge in [-0.2, -0.15) is 0 Å². The Bertz CT molecular complexity index is 288. The summed E-state index contributed by atoms with van der Waals surface area (Å²) < 4.78 is 0. The maximum Gasteiger partial charge on any atom is 0.223 e. The van der Waals surface area contributed by atoms with Crippen molar-refractivity contribution >= 4 is 5.91 Å². The molecule has 1 aliphatic rings. The van der Waals surface area contributed by atoms with Crippen molar-refractivity contribution in [3.05, 3.63) is 0 Å². The van der Waals surface area contributed by atoms with Crippen LogP contribution in [-0.4, -0.2) is 29.4 Å². The second-order valence-corrected chi connectivity index (χ2v) is 7.22. The number of nitrogens with two attached hydrogens (primary N) is 1. The fourth-order valence-electron chi connectivity index (χ4n) is 2.74. The fraction of sp³-hybridized carbons (Fsp3) is 0.938. The Balaban J connectivity index is 2.57. The highest BCUT2D eigenvalue weighted by molar-refractivity contribution is 5.76. The smallest absolute Gasteiger partial charge is 0.223 e. The van der Waals surface area contributed by atoms with E-state index in [1.807, 2.05) is 0 Å². The zero-order valence-electron chi connectivity index (χ0n) is 13.4. The second kappa shape index (κ2) is 6.74. The number of carbonyl (C=O) groups is 1. The third-order valence-corrected chi connectivity index (χ3v) is 4.80. The molecule has 1 unspecified atom stereocenters. The Kier molecular flexibility index (Phi) is 5.84. The second-order valence-electron chi connectivity index (χ2n) is 7.22. The van der Waals surface area contributed by atoms with Crippen molar-refractivity contribution < 1.29 is 4.79 Å². The molecule has 0 aromatic carbocycles. The number of rotatable bonds is 4. The molecule has 0 heterocycles. The van der Waals surface area contributed by atoms with Gasteiger partial charge in [0.1, 0.15) is 0 Å². The van der Waals surface area contributed by atoms with Crippen LogP contribution in [0.4, 0.5) is 0 Å². The summed E-state index contributed by atoms with van der Waals surface area (Å²) in [6.07, 6.45) is 4.93. The van der Waals surface area contributed by atoms with Crippen LogP contribution >= 0.6 is 0 Å². The molecule has 0 spiro atoms. The van der Waals surface area contributed by atoms with Crippen LogP contribution in [0.15, 0.2) is 0 Å². The number of hydrogen-bond donors (Lipinski definition) is 1. The molecule has 1 amide bonds. The molecule has 1 saturated carbocycles. The molecule has 3 heteroatoms. The minimum Gasteiger partial charge on any atom is -0.340 e. The van der Waals surface area contributed by atoms with E-state index in [0.717, 1.165) is 32.2 Å². The summed E-state index contributed by atoms with van der Waals surface area (Å²) in [5.41, 5.74) is 6.15. The first-order chi connectivity index (χ1) is 8.75. The molecule has 0 radical (unpaired) electrons. The summed E-state index contributed by atoms with van der Waals surface area (Å²) >= 11 is 0. The van der Waals surface area contributed by atoms with E-state index in [-0.39, 0.29) is 5.41 Å². The van der Waals surface area contributed by atoms with E-state index in [2.05, 4.69) is 39.5 Å². The first kappa shape index (κ1) is 16.5. The highest BCUT2D eigenvalue weighted by atomic mass is 16.2. The van der Waals surface area contributed by atoms with E-state index < -0.39 is 0 Å². The summed E-state index contributed by atoms with van der Waals surface area (Å²) in [5, 5.41) is 0. The number of carbonyl (C=O) groups excluding carboxylic acids is 1. The monoisotopic (exact) mass is 268 g/mol. The topological polar surface area (TPSA) is 46.3 Å². The Labute approximate surface area is 118 Å². The standard InChI is InChI=1S/C16H32N2O/c1-6-18(14-9-7-13(17)8-10-14)15(19)11-12(2)16(3,4)5/h12-14H,6-11,17H2,1-5H3. The Morgan fingerprint density at radius 3 is 2.21 bits per heavy atom.